The van der Waals surface area contributed by atoms with Crippen molar-refractivity contribution in [2.24, 2.45) is 5.92 Å². The molecule has 1 N–H and O–H groups in total. The van der Waals surface area contributed by atoms with Crippen LogP contribution in [-0.4, -0.2) is 44.9 Å². The van der Waals surface area contributed by atoms with Crippen molar-refractivity contribution >= 4 is 11.9 Å². The zero-order chi connectivity index (χ0) is 19.6. The van der Waals surface area contributed by atoms with Crippen molar-refractivity contribution in [3.05, 3.63) is 58.7 Å². The number of aromatic carboxylic acids is 1. The van der Waals surface area contributed by atoms with Crippen LogP contribution < -0.4 is 0 Å². The molecule has 2 heterocycles. The van der Waals surface area contributed by atoms with E-state index < -0.39 is 5.97 Å². The Morgan fingerprint density at radius 3 is 2.78 bits per heavy atom. The Morgan fingerprint density at radius 1 is 1.33 bits per heavy atom. The van der Waals surface area contributed by atoms with E-state index in [0.29, 0.717) is 30.1 Å². The van der Waals surface area contributed by atoms with E-state index in [4.69, 9.17) is 5.11 Å². The van der Waals surface area contributed by atoms with Crippen molar-refractivity contribution in [2.75, 3.05) is 13.1 Å². The minimum atomic E-state index is -0.916. The maximum atomic E-state index is 12.9. The van der Waals surface area contributed by atoms with Crippen molar-refractivity contribution in [2.45, 2.75) is 39.5 Å². The van der Waals surface area contributed by atoms with E-state index >= 15 is 0 Å². The first kappa shape index (κ1) is 19.0. The molecule has 1 aliphatic rings. The van der Waals surface area contributed by atoms with Crippen molar-refractivity contribution in [3.8, 4) is 0 Å². The maximum Gasteiger partial charge on any atom is 0.335 e. The Bertz CT molecular complexity index is 864. The molecule has 1 amide bonds. The first-order valence-electron chi connectivity index (χ1n) is 9.30. The molecule has 142 valence electrons. The predicted octanol–water partition coefficient (Wildman–Crippen LogP) is 3.31. The average molecular weight is 367 g/mol. The smallest absolute Gasteiger partial charge is 0.335 e. The highest BCUT2D eigenvalue weighted by molar-refractivity contribution is 5.95. The second kappa shape index (κ2) is 7.86. The van der Waals surface area contributed by atoms with Crippen LogP contribution in [0.3, 0.4) is 0 Å². The van der Waals surface area contributed by atoms with E-state index in [2.05, 4.69) is 9.97 Å². The monoisotopic (exact) mass is 367 g/mol. The van der Waals surface area contributed by atoms with Gasteiger partial charge in [-0.2, -0.15) is 0 Å². The number of nitrogens with zero attached hydrogens (tertiary/aromatic N) is 3. The number of amides is 1. The molecular formula is C21H25N3O3. The van der Waals surface area contributed by atoms with Crippen LogP contribution >= 0.6 is 0 Å². The molecule has 1 aromatic heterocycles. The molecule has 1 aliphatic heterocycles. The lowest BCUT2D eigenvalue weighted by Gasteiger charge is -2.18. The molecule has 1 fully saturated rings. The highest BCUT2D eigenvalue weighted by Gasteiger charge is 2.28. The van der Waals surface area contributed by atoms with E-state index in [1.165, 1.54) is 0 Å². The van der Waals surface area contributed by atoms with Crippen LogP contribution in [0.5, 0.6) is 0 Å². The molecule has 1 unspecified atom stereocenters. The van der Waals surface area contributed by atoms with E-state index in [1.54, 1.807) is 24.4 Å². The maximum absolute atomic E-state index is 12.9. The lowest BCUT2D eigenvalue weighted by Crippen LogP contribution is -2.30. The second-order valence-corrected chi connectivity index (χ2v) is 7.50. The van der Waals surface area contributed by atoms with Gasteiger partial charge in [-0.1, -0.05) is 26.0 Å². The minimum absolute atomic E-state index is 0.0235. The van der Waals surface area contributed by atoms with E-state index in [0.717, 1.165) is 29.9 Å². The highest BCUT2D eigenvalue weighted by Crippen LogP contribution is 2.24. The molecule has 1 aromatic carbocycles. The van der Waals surface area contributed by atoms with E-state index in [1.807, 2.05) is 31.7 Å². The number of rotatable bonds is 5. The fraction of sp³-hybridized carbons (Fsp3) is 0.429. The number of aryl methyl sites for hydroxylation is 1. The molecular weight excluding hydrogens is 342 g/mol. The first-order chi connectivity index (χ1) is 12.8. The number of benzene rings is 1. The van der Waals surface area contributed by atoms with Gasteiger partial charge in [-0.15, -0.1) is 0 Å². The summed E-state index contributed by atoms with van der Waals surface area (Å²) in [5, 5.41) is 9.13. The number of carbonyl (C=O) groups is 2. The van der Waals surface area contributed by atoms with Crippen molar-refractivity contribution < 1.29 is 14.7 Å². The Balaban J connectivity index is 1.66. The molecule has 0 radical (unpaired) electrons. The van der Waals surface area contributed by atoms with Gasteiger partial charge >= 0.3 is 5.97 Å². The summed E-state index contributed by atoms with van der Waals surface area (Å²) in [7, 11) is 0. The number of carbonyl (C=O) groups excluding carboxylic acids is 1. The molecule has 0 spiro atoms. The SMILES string of the molecule is Cc1nc(C(C)C)ncc1C(=O)N1CCC(Cc2cccc(C(=O)O)c2)C1. The number of carboxylic acids is 1. The summed E-state index contributed by atoms with van der Waals surface area (Å²) < 4.78 is 0. The first-order valence-corrected chi connectivity index (χ1v) is 9.30. The van der Waals surface area contributed by atoms with Crippen LogP contribution in [0.25, 0.3) is 0 Å². The number of aromatic nitrogens is 2. The van der Waals surface area contributed by atoms with Gasteiger partial charge in [0.05, 0.1) is 16.8 Å². The summed E-state index contributed by atoms with van der Waals surface area (Å²) >= 11 is 0. The Hall–Kier alpha value is -2.76. The summed E-state index contributed by atoms with van der Waals surface area (Å²) in [4.78, 5) is 34.6. The Kier molecular flexibility index (Phi) is 5.54. The number of hydrogen-bond donors (Lipinski definition) is 1. The van der Waals surface area contributed by atoms with Gasteiger partial charge in [0.15, 0.2) is 0 Å². The van der Waals surface area contributed by atoms with Gasteiger partial charge in [-0.25, -0.2) is 14.8 Å². The zero-order valence-electron chi connectivity index (χ0n) is 16.0. The van der Waals surface area contributed by atoms with Gasteiger partial charge in [0, 0.05) is 25.2 Å². The van der Waals surface area contributed by atoms with Crippen molar-refractivity contribution in [3.63, 3.8) is 0 Å². The molecule has 0 saturated carbocycles. The van der Waals surface area contributed by atoms with E-state index in [-0.39, 0.29) is 11.8 Å². The van der Waals surface area contributed by atoms with Gasteiger partial charge in [0.1, 0.15) is 5.82 Å². The lowest BCUT2D eigenvalue weighted by molar-refractivity contribution is 0.0696. The fourth-order valence-electron chi connectivity index (χ4n) is 3.49. The molecule has 2 aromatic rings. The molecule has 6 heteroatoms. The van der Waals surface area contributed by atoms with Crippen LogP contribution in [0.2, 0.25) is 0 Å². The van der Waals surface area contributed by atoms with Crippen LogP contribution in [-0.2, 0) is 6.42 Å². The Labute approximate surface area is 159 Å². The molecule has 0 aliphatic carbocycles. The third kappa shape index (κ3) is 4.32. The zero-order valence-corrected chi connectivity index (χ0v) is 16.0. The third-order valence-electron chi connectivity index (χ3n) is 5.02. The quantitative estimate of drug-likeness (QED) is 0.876. The minimum Gasteiger partial charge on any atom is -0.478 e. The highest BCUT2D eigenvalue weighted by atomic mass is 16.4. The summed E-state index contributed by atoms with van der Waals surface area (Å²) in [6, 6.07) is 7.03. The van der Waals surface area contributed by atoms with Gasteiger partial charge in [0.25, 0.3) is 5.91 Å². The third-order valence-corrected chi connectivity index (χ3v) is 5.02. The van der Waals surface area contributed by atoms with Gasteiger partial charge in [0.2, 0.25) is 0 Å². The molecule has 27 heavy (non-hydrogen) atoms. The summed E-state index contributed by atoms with van der Waals surface area (Å²) in [5.41, 5.74) is 2.58. The largest absolute Gasteiger partial charge is 0.478 e. The van der Waals surface area contributed by atoms with Crippen molar-refractivity contribution in [1.82, 2.24) is 14.9 Å². The van der Waals surface area contributed by atoms with Gasteiger partial charge < -0.3 is 10.0 Å². The molecule has 0 bridgehead atoms. The molecule has 3 rings (SSSR count). The van der Waals surface area contributed by atoms with Gasteiger partial charge in [-0.3, -0.25) is 4.79 Å². The summed E-state index contributed by atoms with van der Waals surface area (Å²) in [5.74, 6) is 0.367. The number of likely N-dealkylation sites (tertiary alicyclic amines) is 1. The Morgan fingerprint density at radius 2 is 2.11 bits per heavy atom. The van der Waals surface area contributed by atoms with Crippen LogP contribution in [0, 0.1) is 12.8 Å². The molecule has 6 nitrogen and oxygen atoms in total. The fourth-order valence-corrected chi connectivity index (χ4v) is 3.49. The number of hydrogen-bond acceptors (Lipinski definition) is 4. The van der Waals surface area contributed by atoms with Crippen LogP contribution in [0.1, 0.15) is 64.0 Å². The normalized spacial score (nSPS) is 16.7. The van der Waals surface area contributed by atoms with Crippen molar-refractivity contribution in [1.29, 1.82) is 0 Å². The lowest BCUT2D eigenvalue weighted by atomic mass is 9.97. The topological polar surface area (TPSA) is 83.4 Å². The second-order valence-electron chi connectivity index (χ2n) is 7.50. The van der Waals surface area contributed by atoms with Gasteiger partial charge in [-0.05, 0) is 43.4 Å². The molecule has 1 atom stereocenters. The van der Waals surface area contributed by atoms with E-state index in [9.17, 15) is 9.59 Å². The van der Waals surface area contributed by atoms with Crippen LogP contribution in [0.15, 0.2) is 30.5 Å². The summed E-state index contributed by atoms with van der Waals surface area (Å²) in [6.07, 6.45) is 3.32. The van der Waals surface area contributed by atoms with Crippen LogP contribution in [0.4, 0.5) is 0 Å². The summed E-state index contributed by atoms with van der Waals surface area (Å²) in [6.45, 7) is 7.28. The number of carboxylic acid groups (broad SMARTS) is 1. The molecule has 1 saturated heterocycles. The standard InChI is InChI=1S/C21H25N3O3/c1-13(2)19-22-11-18(14(3)23-19)20(25)24-8-7-16(12-24)9-15-5-4-6-17(10-15)21(26)27/h4-6,10-11,13,16H,7-9,12H2,1-3H3,(H,26,27). The predicted molar refractivity (Wildman–Crippen MR) is 102 cm³/mol. The average Bonchev–Trinajstić information content (AvgIpc) is 3.09.